The van der Waals surface area contributed by atoms with Crippen LogP contribution in [0.25, 0.3) is 0 Å². The monoisotopic (exact) mass is 284 g/mol. The molecule has 0 spiro atoms. The molecule has 0 saturated carbocycles. The van der Waals surface area contributed by atoms with E-state index < -0.39 is 16.6 Å². The lowest BCUT2D eigenvalue weighted by Gasteiger charge is -2.10. The SMILES string of the molecule is O=C(NC[C@H]1CCCS1)c1ccc([N+](=O)[O-])cc1F. The van der Waals surface area contributed by atoms with E-state index in [1.54, 1.807) is 11.8 Å². The first-order valence-corrected chi connectivity index (χ1v) is 6.96. The molecule has 0 bridgehead atoms. The molecule has 1 aromatic carbocycles. The molecule has 1 fully saturated rings. The Morgan fingerprint density at radius 1 is 1.58 bits per heavy atom. The summed E-state index contributed by atoms with van der Waals surface area (Å²) in [6, 6.07) is 3.03. The number of hydrogen-bond acceptors (Lipinski definition) is 4. The topological polar surface area (TPSA) is 72.2 Å². The van der Waals surface area contributed by atoms with Gasteiger partial charge in [-0.05, 0) is 24.7 Å². The van der Waals surface area contributed by atoms with Crippen molar-refractivity contribution in [3.05, 3.63) is 39.7 Å². The summed E-state index contributed by atoms with van der Waals surface area (Å²) in [5, 5.41) is 13.5. The summed E-state index contributed by atoms with van der Waals surface area (Å²) in [4.78, 5) is 21.5. The number of halogens is 1. The zero-order chi connectivity index (χ0) is 13.8. The summed E-state index contributed by atoms with van der Waals surface area (Å²) >= 11 is 1.79. The van der Waals surface area contributed by atoms with Crippen molar-refractivity contribution in [1.82, 2.24) is 5.32 Å². The number of amides is 1. The number of non-ortho nitro benzene ring substituents is 1. The van der Waals surface area contributed by atoms with Crippen LogP contribution in [0, 0.1) is 15.9 Å². The highest BCUT2D eigenvalue weighted by molar-refractivity contribution is 8.00. The molecule has 2 rings (SSSR count). The number of nitrogens with zero attached hydrogens (tertiary/aromatic N) is 1. The Labute approximate surface area is 113 Å². The Bertz CT molecular complexity index is 504. The number of hydrogen-bond donors (Lipinski definition) is 1. The molecule has 0 radical (unpaired) electrons. The van der Waals surface area contributed by atoms with Crippen LogP contribution in [0.2, 0.25) is 0 Å². The van der Waals surface area contributed by atoms with Gasteiger partial charge in [0.1, 0.15) is 5.82 Å². The molecule has 1 atom stereocenters. The van der Waals surface area contributed by atoms with E-state index in [4.69, 9.17) is 0 Å². The maximum absolute atomic E-state index is 13.6. The highest BCUT2D eigenvalue weighted by Crippen LogP contribution is 2.25. The molecule has 1 heterocycles. The summed E-state index contributed by atoms with van der Waals surface area (Å²) < 4.78 is 13.6. The molecule has 102 valence electrons. The molecule has 7 heteroatoms. The Morgan fingerprint density at radius 3 is 2.95 bits per heavy atom. The van der Waals surface area contributed by atoms with Crippen LogP contribution in [-0.2, 0) is 0 Å². The summed E-state index contributed by atoms with van der Waals surface area (Å²) in [6.45, 7) is 0.500. The first-order chi connectivity index (χ1) is 9.08. The third-order valence-corrected chi connectivity index (χ3v) is 4.32. The van der Waals surface area contributed by atoms with Crippen LogP contribution < -0.4 is 5.32 Å². The lowest BCUT2D eigenvalue weighted by atomic mass is 10.1. The first-order valence-electron chi connectivity index (χ1n) is 5.91. The molecule has 1 aliphatic heterocycles. The molecule has 1 aromatic rings. The van der Waals surface area contributed by atoms with Crippen LogP contribution in [0.3, 0.4) is 0 Å². The van der Waals surface area contributed by atoms with Crippen molar-refractivity contribution < 1.29 is 14.1 Å². The molecule has 1 N–H and O–H groups in total. The standard InChI is InChI=1S/C12H13FN2O3S/c13-11-6-8(15(17)18)3-4-10(11)12(16)14-7-9-2-1-5-19-9/h3-4,6,9H,1-2,5,7H2,(H,14,16)/t9-/m1/s1. The predicted molar refractivity (Wildman–Crippen MR) is 70.9 cm³/mol. The lowest BCUT2D eigenvalue weighted by Crippen LogP contribution is -2.30. The van der Waals surface area contributed by atoms with E-state index in [1.807, 2.05) is 0 Å². The normalized spacial score (nSPS) is 18.3. The van der Waals surface area contributed by atoms with Crippen LogP contribution in [0.15, 0.2) is 18.2 Å². The predicted octanol–water partition coefficient (Wildman–Crippen LogP) is 2.36. The van der Waals surface area contributed by atoms with Gasteiger partial charge in [-0.3, -0.25) is 14.9 Å². The van der Waals surface area contributed by atoms with Gasteiger partial charge in [0.2, 0.25) is 0 Å². The number of nitrogens with one attached hydrogen (secondary N) is 1. The Morgan fingerprint density at radius 2 is 2.37 bits per heavy atom. The van der Waals surface area contributed by atoms with Gasteiger partial charge in [-0.1, -0.05) is 0 Å². The maximum Gasteiger partial charge on any atom is 0.272 e. The van der Waals surface area contributed by atoms with E-state index in [2.05, 4.69) is 5.32 Å². The van der Waals surface area contributed by atoms with Crippen LogP contribution in [0.5, 0.6) is 0 Å². The minimum absolute atomic E-state index is 0.159. The fraction of sp³-hybridized carbons (Fsp3) is 0.417. The Hall–Kier alpha value is -1.63. The number of thioether (sulfide) groups is 1. The summed E-state index contributed by atoms with van der Waals surface area (Å²) in [7, 11) is 0. The van der Waals surface area contributed by atoms with Gasteiger partial charge in [0.15, 0.2) is 0 Å². The molecule has 1 aliphatic rings. The quantitative estimate of drug-likeness (QED) is 0.680. The van der Waals surface area contributed by atoms with Crippen LogP contribution in [0.1, 0.15) is 23.2 Å². The number of carbonyl (C=O) groups excluding carboxylic acids is 1. The maximum atomic E-state index is 13.6. The molecule has 0 aliphatic carbocycles. The second-order valence-corrected chi connectivity index (χ2v) is 5.67. The number of benzene rings is 1. The number of rotatable bonds is 4. The first kappa shape index (κ1) is 13.8. The fourth-order valence-corrected chi connectivity index (χ4v) is 3.11. The molecular weight excluding hydrogens is 271 g/mol. The minimum atomic E-state index is -0.870. The minimum Gasteiger partial charge on any atom is -0.351 e. The Kier molecular flexibility index (Phi) is 4.36. The number of carbonyl (C=O) groups is 1. The average Bonchev–Trinajstić information content (AvgIpc) is 2.88. The second-order valence-electron chi connectivity index (χ2n) is 4.27. The van der Waals surface area contributed by atoms with Gasteiger partial charge in [0, 0.05) is 17.9 Å². The van der Waals surface area contributed by atoms with Crippen molar-refractivity contribution in [2.45, 2.75) is 18.1 Å². The van der Waals surface area contributed by atoms with Crippen LogP contribution in [0.4, 0.5) is 10.1 Å². The third kappa shape index (κ3) is 3.44. The van der Waals surface area contributed by atoms with Crippen molar-refractivity contribution in [3.63, 3.8) is 0 Å². The van der Waals surface area contributed by atoms with E-state index in [-0.39, 0.29) is 11.3 Å². The van der Waals surface area contributed by atoms with E-state index in [0.29, 0.717) is 11.8 Å². The smallest absolute Gasteiger partial charge is 0.272 e. The molecule has 1 amide bonds. The largest absolute Gasteiger partial charge is 0.351 e. The molecule has 0 aromatic heterocycles. The van der Waals surface area contributed by atoms with Gasteiger partial charge in [0.25, 0.3) is 11.6 Å². The summed E-state index contributed by atoms with van der Waals surface area (Å²) in [5.41, 5.74) is -0.519. The van der Waals surface area contributed by atoms with Gasteiger partial charge in [-0.15, -0.1) is 0 Å². The van der Waals surface area contributed by atoms with Gasteiger partial charge in [-0.25, -0.2) is 4.39 Å². The zero-order valence-electron chi connectivity index (χ0n) is 10.1. The van der Waals surface area contributed by atoms with E-state index >= 15 is 0 Å². The molecule has 0 unspecified atom stereocenters. The van der Waals surface area contributed by atoms with E-state index in [1.165, 1.54) is 0 Å². The van der Waals surface area contributed by atoms with Gasteiger partial charge in [-0.2, -0.15) is 11.8 Å². The second kappa shape index (κ2) is 6.01. The zero-order valence-corrected chi connectivity index (χ0v) is 10.9. The number of nitro groups is 1. The third-order valence-electron chi connectivity index (χ3n) is 2.92. The van der Waals surface area contributed by atoms with Gasteiger partial charge >= 0.3 is 0 Å². The van der Waals surface area contributed by atoms with Crippen molar-refractivity contribution in [3.8, 4) is 0 Å². The number of nitro benzene ring substituents is 1. The fourth-order valence-electron chi connectivity index (χ4n) is 1.91. The van der Waals surface area contributed by atoms with Crippen molar-refractivity contribution >= 4 is 23.4 Å². The van der Waals surface area contributed by atoms with Crippen LogP contribution >= 0.6 is 11.8 Å². The van der Waals surface area contributed by atoms with Crippen LogP contribution in [-0.4, -0.2) is 28.4 Å². The summed E-state index contributed by atoms with van der Waals surface area (Å²) in [5.74, 6) is -0.308. The molecule has 19 heavy (non-hydrogen) atoms. The highest BCUT2D eigenvalue weighted by Gasteiger charge is 2.19. The van der Waals surface area contributed by atoms with Gasteiger partial charge < -0.3 is 5.32 Å². The summed E-state index contributed by atoms with van der Waals surface area (Å²) in [6.07, 6.45) is 2.19. The molecule has 5 nitrogen and oxygen atoms in total. The van der Waals surface area contributed by atoms with Gasteiger partial charge in [0.05, 0.1) is 16.6 Å². The average molecular weight is 284 g/mol. The Balaban J connectivity index is 2.00. The van der Waals surface area contributed by atoms with Crippen molar-refractivity contribution in [1.29, 1.82) is 0 Å². The lowest BCUT2D eigenvalue weighted by molar-refractivity contribution is -0.385. The van der Waals surface area contributed by atoms with E-state index in [0.717, 1.165) is 36.8 Å². The van der Waals surface area contributed by atoms with Crippen molar-refractivity contribution in [2.75, 3.05) is 12.3 Å². The van der Waals surface area contributed by atoms with E-state index in [9.17, 15) is 19.3 Å². The molecule has 1 saturated heterocycles. The highest BCUT2D eigenvalue weighted by atomic mass is 32.2. The molecular formula is C12H13FN2O3S. The van der Waals surface area contributed by atoms with Crippen molar-refractivity contribution in [2.24, 2.45) is 0 Å².